The zero-order valence-corrected chi connectivity index (χ0v) is 12.3. The Labute approximate surface area is 123 Å². The van der Waals surface area contributed by atoms with E-state index in [0.29, 0.717) is 10.8 Å². The molecule has 0 radical (unpaired) electrons. The number of ketones is 1. The molecule has 98 valence electrons. The van der Waals surface area contributed by atoms with E-state index in [2.05, 4.69) is 6.92 Å². The van der Waals surface area contributed by atoms with E-state index in [1.54, 1.807) is 0 Å². The molecule has 0 aliphatic rings. The normalized spacial score (nSPS) is 10.4. The molecule has 0 atom stereocenters. The Morgan fingerprint density at radius 2 is 1.95 bits per heavy atom. The lowest BCUT2D eigenvalue weighted by Crippen LogP contribution is -2.02. The molecule has 0 aromatic heterocycles. The molecule has 0 N–H and O–H groups in total. The molecule has 0 amide bonds. The lowest BCUT2D eigenvalue weighted by Gasteiger charge is -2.05. The van der Waals surface area contributed by atoms with E-state index < -0.39 is 0 Å². The maximum Gasteiger partial charge on any atom is 0.173 e. The molecule has 0 aliphatic carbocycles. The van der Waals surface area contributed by atoms with E-state index >= 15 is 0 Å². The number of aryl methyl sites for hydroxylation is 1. The van der Waals surface area contributed by atoms with Crippen LogP contribution in [0.15, 0.2) is 53.4 Å². The molecule has 0 saturated heterocycles. The number of halogens is 1. The molecule has 1 nitrogen and oxygen atoms in total. The van der Waals surface area contributed by atoms with E-state index in [9.17, 15) is 4.79 Å². The van der Waals surface area contributed by atoms with Gasteiger partial charge >= 0.3 is 0 Å². The maximum atomic E-state index is 12.1. The standard InChI is InChI=1S/C16H15ClOS/c1-2-12-6-5-7-13(10-12)15(18)11-19-16-9-4-3-8-14(16)17/h3-10H,2,11H2,1H3. The predicted octanol–water partition coefficient (Wildman–Crippen LogP) is 4.88. The first kappa shape index (κ1) is 14.2. The van der Waals surface area contributed by atoms with Crippen molar-refractivity contribution in [1.82, 2.24) is 0 Å². The van der Waals surface area contributed by atoms with Crippen molar-refractivity contribution < 1.29 is 4.79 Å². The molecule has 0 unspecified atom stereocenters. The molecule has 0 aliphatic heterocycles. The van der Waals surface area contributed by atoms with Crippen LogP contribution in [0.5, 0.6) is 0 Å². The summed E-state index contributed by atoms with van der Waals surface area (Å²) >= 11 is 7.55. The van der Waals surface area contributed by atoms with E-state index in [4.69, 9.17) is 11.6 Å². The van der Waals surface area contributed by atoms with Crippen molar-refractivity contribution in [2.45, 2.75) is 18.2 Å². The van der Waals surface area contributed by atoms with Gasteiger partial charge in [-0.1, -0.05) is 48.9 Å². The highest BCUT2D eigenvalue weighted by molar-refractivity contribution is 8.00. The lowest BCUT2D eigenvalue weighted by atomic mass is 10.1. The Morgan fingerprint density at radius 1 is 1.16 bits per heavy atom. The molecule has 0 bridgehead atoms. The van der Waals surface area contributed by atoms with Crippen molar-refractivity contribution in [2.75, 3.05) is 5.75 Å². The van der Waals surface area contributed by atoms with Gasteiger partial charge in [-0.3, -0.25) is 4.79 Å². The van der Waals surface area contributed by atoms with Crippen LogP contribution in [0.3, 0.4) is 0 Å². The van der Waals surface area contributed by atoms with Gasteiger partial charge in [0.1, 0.15) is 0 Å². The minimum Gasteiger partial charge on any atom is -0.293 e. The zero-order chi connectivity index (χ0) is 13.7. The predicted molar refractivity (Wildman–Crippen MR) is 82.3 cm³/mol. The van der Waals surface area contributed by atoms with Gasteiger partial charge in [0.05, 0.1) is 10.8 Å². The van der Waals surface area contributed by atoms with Gasteiger partial charge in [0.15, 0.2) is 5.78 Å². The summed E-state index contributed by atoms with van der Waals surface area (Å²) in [6.45, 7) is 2.09. The van der Waals surface area contributed by atoms with Crippen molar-refractivity contribution in [3.63, 3.8) is 0 Å². The molecule has 19 heavy (non-hydrogen) atoms. The third-order valence-electron chi connectivity index (χ3n) is 2.85. The molecule has 0 fully saturated rings. The average Bonchev–Trinajstić information content (AvgIpc) is 2.46. The van der Waals surface area contributed by atoms with Crippen LogP contribution in [0, 0.1) is 0 Å². The second kappa shape index (κ2) is 6.78. The zero-order valence-electron chi connectivity index (χ0n) is 10.7. The van der Waals surface area contributed by atoms with Gasteiger partial charge in [0, 0.05) is 10.5 Å². The largest absolute Gasteiger partial charge is 0.293 e. The van der Waals surface area contributed by atoms with Gasteiger partial charge in [-0.2, -0.15) is 0 Å². The van der Waals surface area contributed by atoms with E-state index in [0.717, 1.165) is 16.9 Å². The lowest BCUT2D eigenvalue weighted by molar-refractivity contribution is 0.102. The van der Waals surface area contributed by atoms with Crippen LogP contribution in [0.2, 0.25) is 5.02 Å². The van der Waals surface area contributed by atoms with Crippen LogP contribution in [-0.4, -0.2) is 11.5 Å². The van der Waals surface area contributed by atoms with Gasteiger partial charge in [-0.25, -0.2) is 0 Å². The summed E-state index contributed by atoms with van der Waals surface area (Å²) in [6, 6.07) is 15.4. The Balaban J connectivity index is 2.03. The minimum atomic E-state index is 0.139. The summed E-state index contributed by atoms with van der Waals surface area (Å²) in [4.78, 5) is 13.1. The number of carbonyl (C=O) groups is 1. The molecular weight excluding hydrogens is 276 g/mol. The smallest absolute Gasteiger partial charge is 0.173 e. The minimum absolute atomic E-state index is 0.139. The first-order valence-corrected chi connectivity index (χ1v) is 7.56. The third kappa shape index (κ3) is 3.85. The fraction of sp³-hybridized carbons (Fsp3) is 0.188. The first-order valence-electron chi connectivity index (χ1n) is 6.20. The second-order valence-electron chi connectivity index (χ2n) is 4.20. The summed E-state index contributed by atoms with van der Waals surface area (Å²) in [6.07, 6.45) is 0.943. The molecule has 0 spiro atoms. The van der Waals surface area contributed by atoms with Crippen LogP contribution in [0.25, 0.3) is 0 Å². The molecular formula is C16H15ClOS. The molecule has 2 aromatic carbocycles. The van der Waals surface area contributed by atoms with Crippen LogP contribution >= 0.6 is 23.4 Å². The maximum absolute atomic E-state index is 12.1. The summed E-state index contributed by atoms with van der Waals surface area (Å²) in [5.41, 5.74) is 1.97. The number of thioether (sulfide) groups is 1. The van der Waals surface area contributed by atoms with E-state index in [1.807, 2.05) is 48.5 Å². The topological polar surface area (TPSA) is 17.1 Å². The highest BCUT2D eigenvalue weighted by Crippen LogP contribution is 2.27. The van der Waals surface area contributed by atoms with Crippen molar-refractivity contribution >= 4 is 29.1 Å². The highest BCUT2D eigenvalue weighted by Gasteiger charge is 2.08. The Morgan fingerprint density at radius 3 is 2.68 bits per heavy atom. The molecule has 0 saturated carbocycles. The third-order valence-corrected chi connectivity index (χ3v) is 4.37. The molecule has 0 heterocycles. The summed E-state index contributed by atoms with van der Waals surface area (Å²) in [5.74, 6) is 0.553. The monoisotopic (exact) mass is 290 g/mol. The van der Waals surface area contributed by atoms with Crippen molar-refractivity contribution in [1.29, 1.82) is 0 Å². The van der Waals surface area contributed by atoms with Crippen molar-refractivity contribution in [3.8, 4) is 0 Å². The number of benzene rings is 2. The summed E-state index contributed by atoms with van der Waals surface area (Å²) in [7, 11) is 0. The van der Waals surface area contributed by atoms with E-state index in [-0.39, 0.29) is 5.78 Å². The van der Waals surface area contributed by atoms with Gasteiger partial charge in [0.25, 0.3) is 0 Å². The summed E-state index contributed by atoms with van der Waals surface area (Å²) < 4.78 is 0. The fourth-order valence-corrected chi connectivity index (χ4v) is 2.89. The Hall–Kier alpha value is -1.25. The number of hydrogen-bond donors (Lipinski definition) is 0. The van der Waals surface area contributed by atoms with Gasteiger partial charge in [0.2, 0.25) is 0 Å². The fourth-order valence-electron chi connectivity index (χ4n) is 1.75. The number of hydrogen-bond acceptors (Lipinski definition) is 2. The van der Waals surface area contributed by atoms with Gasteiger partial charge in [-0.05, 0) is 30.2 Å². The van der Waals surface area contributed by atoms with Crippen LogP contribution in [0.4, 0.5) is 0 Å². The summed E-state index contributed by atoms with van der Waals surface area (Å²) in [5, 5.41) is 0.697. The number of carbonyl (C=O) groups excluding carboxylic acids is 1. The van der Waals surface area contributed by atoms with Crippen LogP contribution in [0.1, 0.15) is 22.8 Å². The van der Waals surface area contributed by atoms with E-state index in [1.165, 1.54) is 17.3 Å². The second-order valence-corrected chi connectivity index (χ2v) is 5.62. The SMILES string of the molecule is CCc1cccc(C(=O)CSc2ccccc2Cl)c1. The van der Waals surface area contributed by atoms with Gasteiger partial charge < -0.3 is 0 Å². The van der Waals surface area contributed by atoms with Crippen LogP contribution < -0.4 is 0 Å². The molecule has 2 rings (SSSR count). The number of Topliss-reactive ketones (excluding diaryl/α,β-unsaturated/α-hetero) is 1. The number of rotatable bonds is 5. The Kier molecular flexibility index (Phi) is 5.06. The molecule has 3 heteroatoms. The van der Waals surface area contributed by atoms with Gasteiger partial charge in [-0.15, -0.1) is 11.8 Å². The first-order chi connectivity index (χ1) is 9.20. The van der Waals surface area contributed by atoms with Crippen LogP contribution in [-0.2, 0) is 6.42 Å². The Bertz CT molecular complexity index is 580. The average molecular weight is 291 g/mol. The molecule has 2 aromatic rings. The van der Waals surface area contributed by atoms with Crippen molar-refractivity contribution in [2.24, 2.45) is 0 Å². The highest BCUT2D eigenvalue weighted by atomic mass is 35.5. The quantitative estimate of drug-likeness (QED) is 0.577. The van der Waals surface area contributed by atoms with Crippen molar-refractivity contribution in [3.05, 3.63) is 64.7 Å².